The highest BCUT2D eigenvalue weighted by molar-refractivity contribution is 6.63. The monoisotopic (exact) mass is 638 g/mol. The zero-order valence-corrected chi connectivity index (χ0v) is 28.3. The van der Waals surface area contributed by atoms with Gasteiger partial charge in [0, 0.05) is 12.8 Å². The molecule has 0 bridgehead atoms. The highest BCUT2D eigenvalue weighted by Gasteiger charge is 1.93. The van der Waals surface area contributed by atoms with E-state index in [4.69, 9.17) is 16.7 Å². The number of halogens is 1. The summed E-state index contributed by atoms with van der Waals surface area (Å²) in [6.45, 7) is 4.29. The van der Waals surface area contributed by atoms with E-state index in [1.54, 1.807) is 0 Å². The molecule has 0 saturated heterocycles. The Morgan fingerprint density at radius 3 is 0.933 bits per heavy atom. The van der Waals surface area contributed by atoms with Crippen molar-refractivity contribution >= 4 is 22.8 Å². The number of aliphatic carboxylic acids is 1. The Morgan fingerprint density at radius 2 is 0.689 bits per heavy atom. The zero-order valence-electron chi connectivity index (χ0n) is 27.5. The lowest BCUT2D eigenvalue weighted by Gasteiger charge is -1.89. The summed E-state index contributed by atoms with van der Waals surface area (Å²) in [5, 5.41) is 8.25. The first kappa shape index (κ1) is 46.3. The lowest BCUT2D eigenvalue weighted by atomic mass is 10.2. The molecule has 45 heavy (non-hydrogen) atoms. The molecule has 0 aliphatic heterocycles. The number of allylic oxidation sites excluding steroid dienone is 20. The van der Waals surface area contributed by atoms with E-state index in [2.05, 4.69) is 135 Å². The van der Waals surface area contributed by atoms with Crippen LogP contribution in [0.1, 0.15) is 124 Å². The van der Waals surface area contributed by atoms with Gasteiger partial charge in [-0.15, -0.1) is 0 Å². The quantitative estimate of drug-likeness (QED) is 0.0582. The Bertz CT molecular complexity index is 877. The maximum Gasteiger partial charge on any atom is 0.303 e. The minimum Gasteiger partial charge on any atom is -0.481 e. The Kier molecular flexibility index (Phi) is 44.2. The molecule has 0 aliphatic carbocycles. The lowest BCUT2D eigenvalue weighted by Crippen LogP contribution is -1.92. The van der Waals surface area contributed by atoms with Crippen molar-refractivity contribution in [3.63, 3.8) is 0 Å². The van der Waals surface area contributed by atoms with Crippen molar-refractivity contribution in [1.29, 1.82) is 0 Å². The van der Waals surface area contributed by atoms with Gasteiger partial charge in [0.15, 0.2) is 0 Å². The summed E-state index contributed by atoms with van der Waals surface area (Å²) < 4.78 is 0. The highest BCUT2D eigenvalue weighted by atomic mass is 35.5. The smallest absolute Gasteiger partial charge is 0.303 e. The van der Waals surface area contributed by atoms with Gasteiger partial charge in [-0.25, -0.2) is 0 Å². The van der Waals surface area contributed by atoms with E-state index in [0.717, 1.165) is 89.9 Å². The van der Waals surface area contributed by atoms with E-state index in [1.807, 2.05) is 0 Å². The van der Waals surface area contributed by atoms with Crippen molar-refractivity contribution in [2.45, 2.75) is 124 Å². The average molecular weight is 639 g/mol. The fourth-order valence-corrected chi connectivity index (χ4v) is 3.60. The summed E-state index contributed by atoms with van der Waals surface area (Å²) in [4.78, 5) is 20.8. The van der Waals surface area contributed by atoms with Crippen molar-refractivity contribution in [3.05, 3.63) is 122 Å². The summed E-state index contributed by atoms with van der Waals surface area (Å²) in [6, 6.07) is 0. The van der Waals surface area contributed by atoms with Crippen molar-refractivity contribution in [2.75, 3.05) is 0 Å². The van der Waals surface area contributed by atoms with E-state index in [9.17, 15) is 9.59 Å². The Hall–Kier alpha value is -3.17. The van der Waals surface area contributed by atoms with Gasteiger partial charge in [0.05, 0.1) is 0 Å². The minimum absolute atomic E-state index is 0. The van der Waals surface area contributed by atoms with Crippen molar-refractivity contribution < 1.29 is 14.7 Å². The molecule has 0 aromatic carbocycles. The maximum atomic E-state index is 10.5. The molecule has 4 heteroatoms. The molecule has 0 unspecified atom stereocenters. The Labute approximate surface area is 282 Å². The second-order valence-corrected chi connectivity index (χ2v) is 10.4. The van der Waals surface area contributed by atoms with E-state index in [1.165, 1.54) is 0 Å². The van der Waals surface area contributed by atoms with Crippen molar-refractivity contribution in [1.82, 2.24) is 0 Å². The van der Waals surface area contributed by atoms with Gasteiger partial charge < -0.3 is 5.11 Å². The summed E-state index contributed by atoms with van der Waals surface area (Å²) in [7, 11) is 0. The van der Waals surface area contributed by atoms with Crippen LogP contribution in [0.2, 0.25) is 0 Å². The van der Waals surface area contributed by atoms with Crippen LogP contribution in [-0.4, -0.2) is 16.3 Å². The number of rotatable bonds is 26. The molecular weight excluding hydrogens is 576 g/mol. The number of carboxylic acids is 1. The van der Waals surface area contributed by atoms with E-state index >= 15 is 0 Å². The van der Waals surface area contributed by atoms with E-state index < -0.39 is 5.97 Å². The summed E-state index contributed by atoms with van der Waals surface area (Å²) >= 11 is 5.26. The normalized spacial score (nSPS) is 12.5. The second-order valence-electron chi connectivity index (χ2n) is 9.95. The van der Waals surface area contributed by atoms with Gasteiger partial charge in [-0.1, -0.05) is 143 Å². The molecule has 0 fully saturated rings. The molecule has 0 aliphatic rings. The molecule has 3 nitrogen and oxygen atoms in total. The van der Waals surface area contributed by atoms with Gasteiger partial charge in [-0.2, -0.15) is 0 Å². The van der Waals surface area contributed by atoms with Crippen LogP contribution in [0.25, 0.3) is 0 Å². The second kappa shape index (κ2) is 43.0. The Morgan fingerprint density at radius 1 is 0.444 bits per heavy atom. The number of hydrogen-bond donors (Lipinski definition) is 1. The molecule has 0 amide bonds. The van der Waals surface area contributed by atoms with Crippen LogP contribution in [0, 0.1) is 0 Å². The molecule has 0 aromatic rings. The van der Waals surface area contributed by atoms with Crippen LogP contribution < -0.4 is 0 Å². The topological polar surface area (TPSA) is 54.4 Å². The fraction of sp³-hybridized carbons (Fsp3) is 0.463. The summed E-state index contributed by atoms with van der Waals surface area (Å²) in [6.07, 6.45) is 57.5. The molecule has 0 saturated carbocycles. The summed E-state index contributed by atoms with van der Waals surface area (Å²) in [5.74, 6) is -0.715. The lowest BCUT2D eigenvalue weighted by molar-refractivity contribution is -0.137. The molecule has 0 radical (unpaired) electrons. The average Bonchev–Trinajstić information content (AvgIpc) is 3.00. The molecule has 0 aromatic heterocycles. The molecule has 0 atom stereocenters. The maximum absolute atomic E-state index is 10.5. The largest absolute Gasteiger partial charge is 0.481 e. The highest BCUT2D eigenvalue weighted by Crippen LogP contribution is 2.02. The fourth-order valence-electron chi connectivity index (χ4n) is 3.47. The van der Waals surface area contributed by atoms with Crippen molar-refractivity contribution in [2.24, 2.45) is 0 Å². The van der Waals surface area contributed by atoms with E-state index in [-0.39, 0.29) is 19.1 Å². The zero-order chi connectivity index (χ0) is 32.6. The molecular formula is C41H63ClO3. The number of carbonyl (C=O) groups is 2. The van der Waals surface area contributed by atoms with Gasteiger partial charge >= 0.3 is 5.97 Å². The van der Waals surface area contributed by atoms with Gasteiger partial charge in [0.2, 0.25) is 5.24 Å². The SMILES string of the molecule is C.CC/C=C\C/C=C\C/C=C\C/C=C\C/C=C\CCCC(=O)Cl.CC/C=C\C/C=C\C/C=C\C/C=C\C/C=C\CCCC(=O)O. The van der Waals surface area contributed by atoms with Crippen LogP contribution >= 0.6 is 11.6 Å². The van der Waals surface area contributed by atoms with Crippen LogP contribution in [0.3, 0.4) is 0 Å². The van der Waals surface area contributed by atoms with Gasteiger partial charge in [0.1, 0.15) is 0 Å². The molecule has 0 spiro atoms. The molecule has 252 valence electrons. The van der Waals surface area contributed by atoms with Gasteiger partial charge in [-0.05, 0) is 101 Å². The molecule has 0 heterocycles. The first-order valence-electron chi connectivity index (χ1n) is 16.4. The number of carboxylic acid groups (broad SMARTS) is 1. The third-order valence-corrected chi connectivity index (χ3v) is 6.01. The third-order valence-electron chi connectivity index (χ3n) is 5.82. The minimum atomic E-state index is -0.715. The Balaban J connectivity index is -0.000000767. The molecule has 1 N–H and O–H groups in total. The predicted molar refractivity (Wildman–Crippen MR) is 202 cm³/mol. The summed E-state index contributed by atoms with van der Waals surface area (Å²) in [5.41, 5.74) is 0. The number of unbranched alkanes of at least 4 members (excludes halogenated alkanes) is 2. The standard InChI is InChI=1S/C20H29ClO.C20H30O2.CH4/c2*1-2-3-4-5-6-7-8-9-10-11-12-13-14-15-16-17-18-19-20(21)22;/h3-4,6-7,9-10,12-13,15-16H,2,5,8,11,14,17-19H2,1H3;3-4,6-7,9-10,12-13,15-16H,2,5,8,11,14,17-19H2,1H3,(H,21,22);1H4/b2*4-3-,7-6-,10-9-,13-12-,16-15-;. The van der Waals surface area contributed by atoms with Crippen LogP contribution in [0.5, 0.6) is 0 Å². The van der Waals surface area contributed by atoms with Crippen LogP contribution in [0.4, 0.5) is 0 Å². The van der Waals surface area contributed by atoms with E-state index in [0.29, 0.717) is 6.42 Å². The van der Waals surface area contributed by atoms with Crippen LogP contribution in [0.15, 0.2) is 122 Å². The number of carbonyl (C=O) groups excluding carboxylic acids is 1. The first-order valence-corrected chi connectivity index (χ1v) is 16.8. The van der Waals surface area contributed by atoms with Crippen molar-refractivity contribution in [3.8, 4) is 0 Å². The predicted octanol–water partition coefficient (Wildman–Crippen LogP) is 13.3. The van der Waals surface area contributed by atoms with Gasteiger partial charge in [-0.3, -0.25) is 9.59 Å². The third kappa shape index (κ3) is 50.7. The first-order chi connectivity index (χ1) is 21.5. The van der Waals surface area contributed by atoms with Gasteiger partial charge in [0.25, 0.3) is 0 Å². The number of hydrogen-bond acceptors (Lipinski definition) is 2. The van der Waals surface area contributed by atoms with Crippen LogP contribution in [-0.2, 0) is 9.59 Å². The molecule has 0 rings (SSSR count).